The Hall–Kier alpha value is -1.13. The third-order valence-electron chi connectivity index (χ3n) is 2.96. The number of pyridine rings is 1. The number of ether oxygens (including phenoxy) is 1. The van der Waals surface area contributed by atoms with Gasteiger partial charge >= 0.3 is 0 Å². The smallest absolute Gasteiger partial charge is 0.128 e. The van der Waals surface area contributed by atoms with Crippen LogP contribution in [0.2, 0.25) is 0 Å². The number of anilines is 1. The second-order valence-electron chi connectivity index (χ2n) is 5.31. The zero-order valence-corrected chi connectivity index (χ0v) is 10.8. The van der Waals surface area contributed by atoms with E-state index in [1.165, 1.54) is 5.56 Å². The van der Waals surface area contributed by atoms with E-state index in [2.05, 4.69) is 35.9 Å². The average Bonchev–Trinajstić information content (AvgIpc) is 2.27. The van der Waals surface area contributed by atoms with Crippen molar-refractivity contribution in [1.29, 1.82) is 0 Å². The molecule has 17 heavy (non-hydrogen) atoms. The second kappa shape index (κ2) is 4.63. The van der Waals surface area contributed by atoms with Gasteiger partial charge in [-0.1, -0.05) is 6.07 Å². The summed E-state index contributed by atoms with van der Waals surface area (Å²) < 4.78 is 5.90. The van der Waals surface area contributed by atoms with Crippen molar-refractivity contribution in [1.82, 2.24) is 4.98 Å². The summed E-state index contributed by atoms with van der Waals surface area (Å²) in [4.78, 5) is 6.72. The lowest BCUT2D eigenvalue weighted by Gasteiger charge is -2.43. The van der Waals surface area contributed by atoms with Crippen molar-refractivity contribution in [2.45, 2.75) is 32.5 Å². The first-order valence-electron chi connectivity index (χ1n) is 6.06. The molecule has 1 aliphatic heterocycles. The first-order chi connectivity index (χ1) is 8.00. The number of nitrogens with zero attached hydrogens (tertiary/aromatic N) is 2. The number of aryl methyl sites for hydroxylation is 1. The van der Waals surface area contributed by atoms with Crippen LogP contribution in [0.15, 0.2) is 18.3 Å². The van der Waals surface area contributed by atoms with Gasteiger partial charge in [0.25, 0.3) is 0 Å². The number of aromatic nitrogens is 1. The molecule has 0 spiro atoms. The Morgan fingerprint density at radius 2 is 2.29 bits per heavy atom. The van der Waals surface area contributed by atoms with Crippen LogP contribution in [0.5, 0.6) is 0 Å². The van der Waals surface area contributed by atoms with Gasteiger partial charge in [0.15, 0.2) is 0 Å². The molecule has 1 unspecified atom stereocenters. The largest absolute Gasteiger partial charge is 0.367 e. The molecule has 2 heterocycles. The Bertz CT molecular complexity index is 375. The molecule has 0 aliphatic carbocycles. The first-order valence-corrected chi connectivity index (χ1v) is 6.06. The molecule has 4 heteroatoms. The van der Waals surface area contributed by atoms with E-state index in [0.29, 0.717) is 6.54 Å². The Kier molecular flexibility index (Phi) is 3.35. The van der Waals surface area contributed by atoms with Gasteiger partial charge < -0.3 is 15.4 Å². The van der Waals surface area contributed by atoms with E-state index >= 15 is 0 Å². The van der Waals surface area contributed by atoms with Crippen LogP contribution in [0.3, 0.4) is 0 Å². The fourth-order valence-corrected chi connectivity index (χ4v) is 2.24. The molecule has 1 aromatic rings. The summed E-state index contributed by atoms with van der Waals surface area (Å²) in [5, 5.41) is 0. The Balaban J connectivity index is 2.17. The highest BCUT2D eigenvalue weighted by Gasteiger charge is 2.33. The number of nitrogens with two attached hydrogens (primary N) is 1. The highest BCUT2D eigenvalue weighted by molar-refractivity contribution is 5.40. The maximum atomic E-state index is 5.90. The van der Waals surface area contributed by atoms with Crippen LogP contribution in [0.4, 0.5) is 5.82 Å². The van der Waals surface area contributed by atoms with Crippen LogP contribution in [0.25, 0.3) is 0 Å². The molecule has 1 aromatic heterocycles. The second-order valence-corrected chi connectivity index (χ2v) is 5.31. The van der Waals surface area contributed by atoms with Crippen LogP contribution in [0.1, 0.15) is 19.4 Å². The third kappa shape index (κ3) is 2.96. The summed E-state index contributed by atoms with van der Waals surface area (Å²) >= 11 is 0. The van der Waals surface area contributed by atoms with Gasteiger partial charge in [0, 0.05) is 25.8 Å². The maximum absolute atomic E-state index is 5.90. The summed E-state index contributed by atoms with van der Waals surface area (Å²) in [7, 11) is 0. The Morgan fingerprint density at radius 3 is 2.88 bits per heavy atom. The van der Waals surface area contributed by atoms with E-state index in [9.17, 15) is 0 Å². The highest BCUT2D eigenvalue weighted by atomic mass is 16.5. The molecule has 0 saturated carbocycles. The fraction of sp³-hybridized carbons (Fsp3) is 0.615. The van der Waals surface area contributed by atoms with Gasteiger partial charge in [-0.3, -0.25) is 0 Å². The minimum atomic E-state index is -0.172. The fourth-order valence-electron chi connectivity index (χ4n) is 2.24. The predicted molar refractivity (Wildman–Crippen MR) is 69.2 cm³/mol. The number of morpholine rings is 1. The van der Waals surface area contributed by atoms with Crippen molar-refractivity contribution in [2.24, 2.45) is 5.73 Å². The molecule has 2 N–H and O–H groups in total. The van der Waals surface area contributed by atoms with Crippen molar-refractivity contribution in [3.63, 3.8) is 0 Å². The van der Waals surface area contributed by atoms with E-state index in [1.807, 2.05) is 13.1 Å². The van der Waals surface area contributed by atoms with Crippen LogP contribution < -0.4 is 10.6 Å². The topological polar surface area (TPSA) is 51.4 Å². The quantitative estimate of drug-likeness (QED) is 0.840. The lowest BCUT2D eigenvalue weighted by atomic mass is 10.1. The summed E-state index contributed by atoms with van der Waals surface area (Å²) in [6.45, 7) is 8.44. The van der Waals surface area contributed by atoms with Crippen molar-refractivity contribution < 1.29 is 4.74 Å². The zero-order chi connectivity index (χ0) is 12.5. The molecule has 2 rings (SSSR count). The summed E-state index contributed by atoms with van der Waals surface area (Å²) in [6, 6.07) is 4.15. The summed E-state index contributed by atoms with van der Waals surface area (Å²) in [5.74, 6) is 1.01. The van der Waals surface area contributed by atoms with Crippen molar-refractivity contribution >= 4 is 5.82 Å². The van der Waals surface area contributed by atoms with Gasteiger partial charge in [0.2, 0.25) is 0 Å². The van der Waals surface area contributed by atoms with Gasteiger partial charge in [-0.2, -0.15) is 0 Å². The molecule has 0 bridgehead atoms. The van der Waals surface area contributed by atoms with E-state index in [1.54, 1.807) is 0 Å². The lowest BCUT2D eigenvalue weighted by molar-refractivity contribution is -0.0790. The average molecular weight is 235 g/mol. The van der Waals surface area contributed by atoms with E-state index in [-0.39, 0.29) is 11.7 Å². The molecule has 94 valence electrons. The van der Waals surface area contributed by atoms with Crippen molar-refractivity contribution in [2.75, 3.05) is 24.5 Å². The van der Waals surface area contributed by atoms with E-state index in [4.69, 9.17) is 10.5 Å². The van der Waals surface area contributed by atoms with Gasteiger partial charge in [0.1, 0.15) is 5.82 Å². The van der Waals surface area contributed by atoms with Crippen LogP contribution >= 0.6 is 0 Å². The maximum Gasteiger partial charge on any atom is 0.128 e. The van der Waals surface area contributed by atoms with Gasteiger partial charge in [-0.25, -0.2) is 4.98 Å². The van der Waals surface area contributed by atoms with Gasteiger partial charge in [-0.15, -0.1) is 0 Å². The summed E-state index contributed by atoms with van der Waals surface area (Å²) in [6.07, 6.45) is 1.98. The molecule has 0 aromatic carbocycles. The molecule has 1 aliphatic rings. The molecular weight excluding hydrogens is 214 g/mol. The number of hydrogen-bond donors (Lipinski definition) is 1. The molecular formula is C13H21N3O. The van der Waals surface area contributed by atoms with Gasteiger partial charge in [0.05, 0.1) is 11.7 Å². The normalized spacial score (nSPS) is 23.8. The monoisotopic (exact) mass is 235 g/mol. The Morgan fingerprint density at radius 1 is 1.53 bits per heavy atom. The standard InChI is InChI=1S/C13H21N3O/c1-10-4-5-12(15-7-10)16-8-11(6-14)17-13(2,3)9-16/h4-5,7,11H,6,8-9,14H2,1-3H3. The molecule has 1 saturated heterocycles. The van der Waals surface area contributed by atoms with Crippen molar-refractivity contribution in [3.8, 4) is 0 Å². The summed E-state index contributed by atoms with van der Waals surface area (Å²) in [5.41, 5.74) is 6.72. The van der Waals surface area contributed by atoms with Crippen LogP contribution in [-0.2, 0) is 4.74 Å². The zero-order valence-electron chi connectivity index (χ0n) is 10.8. The molecule has 1 atom stereocenters. The SMILES string of the molecule is Cc1ccc(N2CC(CN)OC(C)(C)C2)nc1. The highest BCUT2D eigenvalue weighted by Crippen LogP contribution is 2.24. The predicted octanol–water partition coefficient (Wildman–Crippen LogP) is 1.33. The lowest BCUT2D eigenvalue weighted by Crippen LogP contribution is -2.55. The van der Waals surface area contributed by atoms with E-state index in [0.717, 1.165) is 18.9 Å². The molecule has 4 nitrogen and oxygen atoms in total. The minimum Gasteiger partial charge on any atom is -0.367 e. The van der Waals surface area contributed by atoms with E-state index < -0.39 is 0 Å². The van der Waals surface area contributed by atoms with Crippen molar-refractivity contribution in [3.05, 3.63) is 23.9 Å². The van der Waals surface area contributed by atoms with Gasteiger partial charge in [-0.05, 0) is 32.4 Å². The first kappa shape index (κ1) is 12.3. The van der Waals surface area contributed by atoms with Crippen LogP contribution in [-0.4, -0.2) is 36.3 Å². The molecule has 0 amide bonds. The Labute approximate surface area is 103 Å². The van der Waals surface area contributed by atoms with Crippen LogP contribution in [0, 0.1) is 6.92 Å². The molecule has 1 fully saturated rings. The number of hydrogen-bond acceptors (Lipinski definition) is 4. The molecule has 0 radical (unpaired) electrons. The third-order valence-corrected chi connectivity index (χ3v) is 2.96. The minimum absolute atomic E-state index is 0.0850. The number of rotatable bonds is 2.